The largest absolute Gasteiger partial charge is 0.444 e. The fraction of sp³-hybridized carbons (Fsp3) is 0.941. The average Bonchev–Trinajstić information content (AvgIpc) is 2.34. The van der Waals surface area contributed by atoms with E-state index in [9.17, 15) is 4.79 Å². The summed E-state index contributed by atoms with van der Waals surface area (Å²) in [6.07, 6.45) is 7.92. The fourth-order valence-corrected chi connectivity index (χ4v) is 2.94. The molecule has 1 rings (SSSR count). The van der Waals surface area contributed by atoms with E-state index in [2.05, 4.69) is 24.5 Å². The van der Waals surface area contributed by atoms with E-state index < -0.39 is 5.60 Å². The summed E-state index contributed by atoms with van der Waals surface area (Å²) < 4.78 is 5.34. The topological polar surface area (TPSA) is 50.4 Å². The first kappa shape index (κ1) is 18.3. The Bertz CT molecular complexity index is 312. The van der Waals surface area contributed by atoms with E-state index in [1.165, 1.54) is 32.1 Å². The molecule has 0 aromatic carbocycles. The zero-order valence-electron chi connectivity index (χ0n) is 14.5. The number of carbonyl (C=O) groups is 1. The lowest BCUT2D eigenvalue weighted by Crippen LogP contribution is -2.47. The van der Waals surface area contributed by atoms with Gasteiger partial charge in [-0.05, 0) is 59.8 Å². The molecule has 0 aromatic rings. The molecule has 1 aliphatic carbocycles. The second kappa shape index (κ2) is 8.62. The number of rotatable bonds is 6. The molecule has 0 saturated heterocycles. The number of nitrogens with one attached hydrogen (secondary N) is 2. The molecule has 0 bridgehead atoms. The summed E-state index contributed by atoms with van der Waals surface area (Å²) in [5.74, 6) is 0. The predicted octanol–water partition coefficient (Wildman–Crippen LogP) is 3.99. The second-order valence-corrected chi connectivity index (χ2v) is 7.42. The lowest BCUT2D eigenvalue weighted by molar-refractivity contribution is 0.0488. The van der Waals surface area contributed by atoms with E-state index in [1.807, 2.05) is 20.8 Å². The lowest BCUT2D eigenvalue weighted by Gasteiger charge is -2.33. The van der Waals surface area contributed by atoms with Crippen LogP contribution < -0.4 is 10.6 Å². The molecule has 0 aliphatic heterocycles. The van der Waals surface area contributed by atoms with E-state index in [-0.39, 0.29) is 12.1 Å². The van der Waals surface area contributed by atoms with Crippen LogP contribution in [0.1, 0.15) is 79.6 Å². The van der Waals surface area contributed by atoms with Gasteiger partial charge in [-0.1, -0.05) is 19.8 Å². The Balaban J connectivity index is 2.33. The van der Waals surface area contributed by atoms with Crippen molar-refractivity contribution in [1.82, 2.24) is 10.6 Å². The van der Waals surface area contributed by atoms with Crippen molar-refractivity contribution in [2.75, 3.05) is 0 Å². The molecule has 3 atom stereocenters. The molecule has 1 aliphatic rings. The molecule has 2 N–H and O–H groups in total. The van der Waals surface area contributed by atoms with E-state index in [0.29, 0.717) is 12.1 Å². The highest BCUT2D eigenvalue weighted by molar-refractivity contribution is 5.68. The summed E-state index contributed by atoms with van der Waals surface area (Å²) >= 11 is 0. The van der Waals surface area contributed by atoms with Gasteiger partial charge in [-0.15, -0.1) is 0 Å². The molecule has 1 saturated carbocycles. The highest BCUT2D eigenvalue weighted by atomic mass is 16.6. The Labute approximate surface area is 130 Å². The van der Waals surface area contributed by atoms with Crippen molar-refractivity contribution in [1.29, 1.82) is 0 Å². The summed E-state index contributed by atoms with van der Waals surface area (Å²) in [5, 5.41) is 6.73. The Morgan fingerprint density at radius 1 is 1.29 bits per heavy atom. The van der Waals surface area contributed by atoms with Gasteiger partial charge < -0.3 is 15.4 Å². The second-order valence-electron chi connectivity index (χ2n) is 7.42. The smallest absolute Gasteiger partial charge is 0.407 e. The van der Waals surface area contributed by atoms with Gasteiger partial charge in [-0.2, -0.15) is 0 Å². The summed E-state index contributed by atoms with van der Waals surface area (Å²) in [6, 6.07) is 1.32. The Hall–Kier alpha value is -0.770. The summed E-state index contributed by atoms with van der Waals surface area (Å²) in [6.45, 7) is 10.2. The van der Waals surface area contributed by atoms with Crippen LogP contribution >= 0.6 is 0 Å². The van der Waals surface area contributed by atoms with Crippen LogP contribution in [0.25, 0.3) is 0 Å². The van der Waals surface area contributed by atoms with Crippen LogP contribution in [0, 0.1) is 0 Å². The van der Waals surface area contributed by atoms with Crippen LogP contribution in [0.2, 0.25) is 0 Å². The number of carbonyl (C=O) groups excluding carboxylic acids is 1. The van der Waals surface area contributed by atoms with Gasteiger partial charge in [0.15, 0.2) is 0 Å². The molecule has 0 aromatic heterocycles. The predicted molar refractivity (Wildman–Crippen MR) is 87.5 cm³/mol. The number of alkyl carbamates (subject to hydrolysis) is 1. The number of hydrogen-bond donors (Lipinski definition) is 2. The minimum Gasteiger partial charge on any atom is -0.444 e. The third kappa shape index (κ3) is 8.30. The molecule has 0 heterocycles. The summed E-state index contributed by atoms with van der Waals surface area (Å²) in [4.78, 5) is 11.8. The summed E-state index contributed by atoms with van der Waals surface area (Å²) in [5.41, 5.74) is -0.426. The first-order valence-electron chi connectivity index (χ1n) is 8.55. The van der Waals surface area contributed by atoms with Crippen LogP contribution in [0.15, 0.2) is 0 Å². The van der Waals surface area contributed by atoms with Gasteiger partial charge in [0.1, 0.15) is 5.60 Å². The first-order chi connectivity index (χ1) is 9.80. The molecule has 1 amide bonds. The minimum absolute atomic E-state index is 0.240. The molecule has 4 heteroatoms. The monoisotopic (exact) mass is 298 g/mol. The zero-order valence-corrected chi connectivity index (χ0v) is 14.5. The SMILES string of the molecule is CCCCC(C)NC1CCCC(NC(=O)OC(C)(C)C)C1. The fourth-order valence-electron chi connectivity index (χ4n) is 2.94. The Kier molecular flexibility index (Phi) is 7.50. The van der Waals surface area contributed by atoms with Crippen LogP contribution in [-0.4, -0.2) is 29.8 Å². The molecule has 4 nitrogen and oxygen atoms in total. The van der Waals surface area contributed by atoms with Crippen LogP contribution in [0.4, 0.5) is 4.79 Å². The summed E-state index contributed by atoms with van der Waals surface area (Å²) in [7, 11) is 0. The average molecular weight is 298 g/mol. The van der Waals surface area contributed by atoms with E-state index in [1.54, 1.807) is 0 Å². The normalized spacial score (nSPS) is 24.4. The number of hydrogen-bond acceptors (Lipinski definition) is 3. The molecule has 3 unspecified atom stereocenters. The third-order valence-corrected chi connectivity index (χ3v) is 3.91. The number of unbranched alkanes of at least 4 members (excludes halogenated alkanes) is 1. The Morgan fingerprint density at radius 3 is 2.57 bits per heavy atom. The standard InChI is InChI=1S/C17H34N2O2/c1-6-7-9-13(2)18-14-10-8-11-15(12-14)19-16(20)21-17(3,4)5/h13-15,18H,6-12H2,1-5H3,(H,19,20). The molecular weight excluding hydrogens is 264 g/mol. The quantitative estimate of drug-likeness (QED) is 0.779. The molecule has 124 valence electrons. The molecular formula is C17H34N2O2. The number of ether oxygens (including phenoxy) is 1. The molecule has 0 radical (unpaired) electrons. The highest BCUT2D eigenvalue weighted by Gasteiger charge is 2.25. The number of amides is 1. The van der Waals surface area contributed by atoms with Gasteiger partial charge in [0, 0.05) is 18.1 Å². The molecule has 21 heavy (non-hydrogen) atoms. The van der Waals surface area contributed by atoms with Gasteiger partial charge in [-0.3, -0.25) is 0 Å². The van der Waals surface area contributed by atoms with Crippen molar-refractivity contribution in [3.8, 4) is 0 Å². The van der Waals surface area contributed by atoms with Crippen molar-refractivity contribution in [2.24, 2.45) is 0 Å². The van der Waals surface area contributed by atoms with Gasteiger partial charge in [0.2, 0.25) is 0 Å². The van der Waals surface area contributed by atoms with Gasteiger partial charge in [-0.25, -0.2) is 4.79 Å². The minimum atomic E-state index is -0.426. The van der Waals surface area contributed by atoms with Crippen molar-refractivity contribution in [3.05, 3.63) is 0 Å². The highest BCUT2D eigenvalue weighted by Crippen LogP contribution is 2.20. The van der Waals surface area contributed by atoms with E-state index in [4.69, 9.17) is 4.74 Å². The van der Waals surface area contributed by atoms with Crippen molar-refractivity contribution in [2.45, 2.75) is 103 Å². The van der Waals surface area contributed by atoms with Crippen molar-refractivity contribution < 1.29 is 9.53 Å². The van der Waals surface area contributed by atoms with Crippen LogP contribution in [0.3, 0.4) is 0 Å². The third-order valence-electron chi connectivity index (χ3n) is 3.91. The maximum atomic E-state index is 11.8. The van der Waals surface area contributed by atoms with E-state index in [0.717, 1.165) is 12.8 Å². The van der Waals surface area contributed by atoms with Crippen molar-refractivity contribution >= 4 is 6.09 Å². The van der Waals surface area contributed by atoms with Crippen LogP contribution in [-0.2, 0) is 4.74 Å². The van der Waals surface area contributed by atoms with Gasteiger partial charge in [0.05, 0.1) is 0 Å². The first-order valence-corrected chi connectivity index (χ1v) is 8.55. The zero-order chi connectivity index (χ0) is 15.9. The Morgan fingerprint density at radius 2 is 1.95 bits per heavy atom. The van der Waals surface area contributed by atoms with Crippen LogP contribution in [0.5, 0.6) is 0 Å². The molecule has 1 fully saturated rings. The van der Waals surface area contributed by atoms with Gasteiger partial charge >= 0.3 is 6.09 Å². The maximum Gasteiger partial charge on any atom is 0.407 e. The maximum absolute atomic E-state index is 11.8. The van der Waals surface area contributed by atoms with Gasteiger partial charge in [0.25, 0.3) is 0 Å². The molecule has 0 spiro atoms. The lowest BCUT2D eigenvalue weighted by atomic mass is 9.90. The van der Waals surface area contributed by atoms with E-state index >= 15 is 0 Å². The van der Waals surface area contributed by atoms with Crippen molar-refractivity contribution in [3.63, 3.8) is 0 Å².